The van der Waals surface area contributed by atoms with Gasteiger partial charge in [-0.2, -0.15) is 0 Å². The molecule has 1 aromatic heterocycles. The summed E-state index contributed by atoms with van der Waals surface area (Å²) in [5, 5.41) is 3.55. The zero-order valence-electron chi connectivity index (χ0n) is 15.8. The second kappa shape index (κ2) is 7.53. The number of carbonyl (C=O) groups excluding carboxylic acids is 2. The normalized spacial score (nSPS) is 10.7. The summed E-state index contributed by atoms with van der Waals surface area (Å²) in [6.07, 6.45) is 0. The van der Waals surface area contributed by atoms with Gasteiger partial charge in [0, 0.05) is 29.4 Å². The number of rotatable bonds is 5. The minimum Gasteiger partial charge on any atom is -0.497 e. The van der Waals surface area contributed by atoms with Crippen molar-refractivity contribution >= 4 is 28.5 Å². The van der Waals surface area contributed by atoms with E-state index in [1.54, 1.807) is 14.0 Å². The number of methoxy groups -OCH3 is 1. The minimum absolute atomic E-state index is 0.141. The van der Waals surface area contributed by atoms with Crippen LogP contribution in [0.5, 0.6) is 5.75 Å². The first-order valence-electron chi connectivity index (χ1n) is 8.70. The predicted octanol–water partition coefficient (Wildman–Crippen LogP) is 4.08. The Morgan fingerprint density at radius 3 is 2.59 bits per heavy atom. The van der Waals surface area contributed by atoms with E-state index in [1.165, 1.54) is 6.92 Å². The Bertz CT molecular complexity index is 1020. The van der Waals surface area contributed by atoms with Crippen LogP contribution in [-0.4, -0.2) is 30.2 Å². The van der Waals surface area contributed by atoms with Crippen LogP contribution >= 0.6 is 0 Å². The number of nitrogens with one attached hydrogen (secondary N) is 1. The zero-order valence-corrected chi connectivity index (χ0v) is 15.8. The lowest BCUT2D eigenvalue weighted by molar-refractivity contribution is -0.114. The summed E-state index contributed by atoms with van der Waals surface area (Å²) in [4.78, 5) is 24.0. The molecule has 1 amide bonds. The van der Waals surface area contributed by atoms with Crippen molar-refractivity contribution in [1.29, 1.82) is 0 Å². The van der Waals surface area contributed by atoms with E-state index in [2.05, 4.69) is 5.32 Å². The van der Waals surface area contributed by atoms with Crippen molar-refractivity contribution in [2.45, 2.75) is 20.8 Å². The lowest BCUT2D eigenvalue weighted by Gasteiger charge is -2.11. The van der Waals surface area contributed by atoms with E-state index < -0.39 is 0 Å². The van der Waals surface area contributed by atoms with Crippen LogP contribution in [0.3, 0.4) is 0 Å². The molecular formula is C21H22N2O4. The molecule has 1 N–H and O–H groups in total. The highest BCUT2D eigenvalue weighted by atomic mass is 16.5. The predicted molar refractivity (Wildman–Crippen MR) is 105 cm³/mol. The summed E-state index contributed by atoms with van der Waals surface area (Å²) in [7, 11) is 1.59. The average Bonchev–Trinajstić information content (AvgIpc) is 2.92. The maximum Gasteiger partial charge on any atom is 0.340 e. The molecule has 0 fully saturated rings. The fourth-order valence-corrected chi connectivity index (χ4v) is 3.24. The average molecular weight is 366 g/mol. The Morgan fingerprint density at radius 1 is 1.15 bits per heavy atom. The number of ether oxygens (including phenoxy) is 2. The number of esters is 1. The fourth-order valence-electron chi connectivity index (χ4n) is 3.24. The molecule has 1 heterocycles. The number of aromatic nitrogens is 1. The molecule has 0 atom stereocenters. The van der Waals surface area contributed by atoms with Crippen LogP contribution in [0.1, 0.15) is 29.9 Å². The molecule has 0 radical (unpaired) electrons. The van der Waals surface area contributed by atoms with Gasteiger partial charge in [-0.05, 0) is 50.2 Å². The number of fused-ring (bicyclic) bond motifs is 1. The Kier molecular flexibility index (Phi) is 5.16. The van der Waals surface area contributed by atoms with Crippen molar-refractivity contribution in [2.24, 2.45) is 0 Å². The smallest absolute Gasteiger partial charge is 0.340 e. The van der Waals surface area contributed by atoms with Gasteiger partial charge >= 0.3 is 5.97 Å². The van der Waals surface area contributed by atoms with E-state index in [0.29, 0.717) is 23.6 Å². The lowest BCUT2D eigenvalue weighted by atomic mass is 10.1. The number of hydrogen-bond acceptors (Lipinski definition) is 4. The Balaban J connectivity index is 2.26. The third kappa shape index (κ3) is 3.51. The summed E-state index contributed by atoms with van der Waals surface area (Å²) in [5.74, 6) is 0.153. The number of carbonyl (C=O) groups is 2. The topological polar surface area (TPSA) is 69.6 Å². The molecule has 27 heavy (non-hydrogen) atoms. The van der Waals surface area contributed by atoms with Crippen molar-refractivity contribution in [1.82, 2.24) is 4.57 Å². The molecule has 0 bridgehead atoms. The summed E-state index contributed by atoms with van der Waals surface area (Å²) in [6, 6.07) is 13.1. The molecule has 2 aromatic carbocycles. The van der Waals surface area contributed by atoms with E-state index in [9.17, 15) is 9.59 Å². The molecule has 3 rings (SSSR count). The first-order valence-corrected chi connectivity index (χ1v) is 8.70. The summed E-state index contributed by atoms with van der Waals surface area (Å²) < 4.78 is 12.6. The van der Waals surface area contributed by atoms with Crippen LogP contribution < -0.4 is 10.1 Å². The van der Waals surface area contributed by atoms with Gasteiger partial charge in [-0.25, -0.2) is 4.79 Å². The number of anilines is 1. The van der Waals surface area contributed by atoms with Crippen LogP contribution in [0.25, 0.3) is 16.6 Å². The second-order valence-corrected chi connectivity index (χ2v) is 6.13. The monoisotopic (exact) mass is 366 g/mol. The molecule has 0 aliphatic carbocycles. The molecule has 0 unspecified atom stereocenters. The second-order valence-electron chi connectivity index (χ2n) is 6.13. The quantitative estimate of drug-likeness (QED) is 0.691. The van der Waals surface area contributed by atoms with E-state index in [1.807, 2.05) is 54.0 Å². The highest BCUT2D eigenvalue weighted by Gasteiger charge is 2.22. The molecule has 6 heteroatoms. The van der Waals surface area contributed by atoms with Crippen LogP contribution in [0.4, 0.5) is 5.69 Å². The number of amides is 1. The fraction of sp³-hybridized carbons (Fsp3) is 0.238. The molecule has 140 valence electrons. The molecule has 0 aliphatic rings. The van der Waals surface area contributed by atoms with Crippen molar-refractivity contribution in [3.8, 4) is 11.4 Å². The van der Waals surface area contributed by atoms with Crippen molar-refractivity contribution < 1.29 is 19.1 Å². The summed E-state index contributed by atoms with van der Waals surface area (Å²) in [5.41, 5.74) is 3.65. The third-order valence-electron chi connectivity index (χ3n) is 4.32. The molecule has 0 saturated heterocycles. The van der Waals surface area contributed by atoms with E-state index in [-0.39, 0.29) is 11.9 Å². The number of hydrogen-bond donors (Lipinski definition) is 1. The van der Waals surface area contributed by atoms with Crippen LogP contribution in [0, 0.1) is 6.92 Å². The standard InChI is InChI=1S/C21H22N2O4/c1-5-27-21(25)20-13(2)23(19-10-9-17(26-4)12-18(19)20)16-8-6-7-15(11-16)22-14(3)24/h6-12H,5H2,1-4H3,(H,22,24). The van der Waals surface area contributed by atoms with Gasteiger partial charge in [-0.1, -0.05) is 6.07 Å². The van der Waals surface area contributed by atoms with Gasteiger partial charge in [0.2, 0.25) is 5.91 Å². The largest absolute Gasteiger partial charge is 0.497 e. The SMILES string of the molecule is CCOC(=O)c1c(C)n(-c2cccc(NC(C)=O)c2)c2ccc(OC)cc12. The Labute approximate surface area is 157 Å². The van der Waals surface area contributed by atoms with Crippen molar-refractivity contribution in [3.63, 3.8) is 0 Å². The van der Waals surface area contributed by atoms with Gasteiger partial charge in [0.1, 0.15) is 5.75 Å². The molecular weight excluding hydrogens is 344 g/mol. The van der Waals surface area contributed by atoms with Gasteiger partial charge in [-0.3, -0.25) is 4.79 Å². The van der Waals surface area contributed by atoms with E-state index in [0.717, 1.165) is 22.3 Å². The maximum atomic E-state index is 12.6. The van der Waals surface area contributed by atoms with Crippen molar-refractivity contribution in [3.05, 3.63) is 53.7 Å². The van der Waals surface area contributed by atoms with Crippen LogP contribution in [0.2, 0.25) is 0 Å². The van der Waals surface area contributed by atoms with Gasteiger partial charge in [0.25, 0.3) is 0 Å². The molecule has 0 saturated carbocycles. The first-order chi connectivity index (χ1) is 13.0. The van der Waals surface area contributed by atoms with E-state index >= 15 is 0 Å². The van der Waals surface area contributed by atoms with Gasteiger partial charge in [0.15, 0.2) is 0 Å². The third-order valence-corrected chi connectivity index (χ3v) is 4.32. The zero-order chi connectivity index (χ0) is 19.6. The van der Waals surface area contributed by atoms with Crippen LogP contribution in [-0.2, 0) is 9.53 Å². The summed E-state index contributed by atoms with van der Waals surface area (Å²) >= 11 is 0. The highest BCUT2D eigenvalue weighted by Crippen LogP contribution is 2.33. The number of nitrogens with zero attached hydrogens (tertiary/aromatic N) is 1. The van der Waals surface area contributed by atoms with Crippen LogP contribution in [0.15, 0.2) is 42.5 Å². The van der Waals surface area contributed by atoms with Gasteiger partial charge in [-0.15, -0.1) is 0 Å². The first kappa shape index (κ1) is 18.5. The maximum absolute atomic E-state index is 12.6. The molecule has 3 aromatic rings. The minimum atomic E-state index is -0.370. The van der Waals surface area contributed by atoms with E-state index in [4.69, 9.17) is 9.47 Å². The van der Waals surface area contributed by atoms with Gasteiger partial charge < -0.3 is 19.4 Å². The lowest BCUT2D eigenvalue weighted by Crippen LogP contribution is -2.08. The Morgan fingerprint density at radius 2 is 1.93 bits per heavy atom. The molecule has 0 aliphatic heterocycles. The van der Waals surface area contributed by atoms with Gasteiger partial charge in [0.05, 0.1) is 24.8 Å². The van der Waals surface area contributed by atoms with Crippen molar-refractivity contribution in [2.75, 3.05) is 19.0 Å². The highest BCUT2D eigenvalue weighted by molar-refractivity contribution is 6.07. The molecule has 0 spiro atoms. The summed E-state index contributed by atoms with van der Waals surface area (Å²) in [6.45, 7) is 5.43. The number of benzene rings is 2. The molecule has 6 nitrogen and oxygen atoms in total. The Hall–Kier alpha value is -3.28.